The monoisotopic (exact) mass is 403 g/mol. The summed E-state index contributed by atoms with van der Waals surface area (Å²) in [5.74, 6) is -0.604. The van der Waals surface area contributed by atoms with Gasteiger partial charge in [-0.15, -0.1) is 0 Å². The molecular weight excluding hydrogens is 378 g/mol. The number of hydrogen-bond donors (Lipinski definition) is 1. The second kappa shape index (κ2) is 6.97. The van der Waals surface area contributed by atoms with E-state index in [1.807, 2.05) is 36.4 Å². The molecule has 0 saturated carbocycles. The van der Waals surface area contributed by atoms with E-state index in [9.17, 15) is 14.4 Å². The molecule has 5 rings (SSSR count). The van der Waals surface area contributed by atoms with Crippen LogP contribution >= 0.6 is 0 Å². The average Bonchev–Trinajstić information content (AvgIpc) is 3.31. The summed E-state index contributed by atoms with van der Waals surface area (Å²) in [4.78, 5) is 41.8. The number of nitrogens with one attached hydrogen (secondary N) is 1. The first-order chi connectivity index (χ1) is 14.5. The minimum absolute atomic E-state index is 0.233. The van der Waals surface area contributed by atoms with Crippen molar-refractivity contribution in [2.45, 2.75) is 44.6 Å². The number of carbonyl (C=O) groups is 3. The first kappa shape index (κ1) is 18.9. The lowest BCUT2D eigenvalue weighted by molar-refractivity contribution is -0.134. The Kier molecular flexibility index (Phi) is 4.38. The molecular formula is C24H25N3O3. The number of rotatable bonds is 3. The third-order valence-corrected chi connectivity index (χ3v) is 6.66. The predicted molar refractivity (Wildman–Crippen MR) is 113 cm³/mol. The molecule has 3 aliphatic rings. The molecule has 2 heterocycles. The Morgan fingerprint density at radius 1 is 1.00 bits per heavy atom. The second-order valence-electron chi connectivity index (χ2n) is 8.56. The van der Waals surface area contributed by atoms with Gasteiger partial charge < -0.3 is 10.2 Å². The SMILES string of the molecule is C[C@@]1(c2ccc3c(c2)CCC3)NC(=O)N(CC(=O)N2CCCc3ccccc32)C1=O. The average molecular weight is 403 g/mol. The molecule has 1 N–H and O–H groups in total. The summed E-state index contributed by atoms with van der Waals surface area (Å²) in [7, 11) is 0. The van der Waals surface area contributed by atoms with Crippen molar-refractivity contribution in [2.75, 3.05) is 18.0 Å². The van der Waals surface area contributed by atoms with Crippen molar-refractivity contribution < 1.29 is 14.4 Å². The molecule has 2 aliphatic heterocycles. The van der Waals surface area contributed by atoms with Gasteiger partial charge in [0.15, 0.2) is 0 Å². The van der Waals surface area contributed by atoms with Crippen molar-refractivity contribution in [3.05, 3.63) is 64.7 Å². The highest BCUT2D eigenvalue weighted by Gasteiger charge is 2.50. The lowest BCUT2D eigenvalue weighted by Crippen LogP contribution is -2.46. The number of nitrogens with zero attached hydrogens (tertiary/aromatic N) is 2. The fraction of sp³-hybridized carbons (Fsp3) is 0.375. The summed E-state index contributed by atoms with van der Waals surface area (Å²) >= 11 is 0. The lowest BCUT2D eigenvalue weighted by atomic mass is 9.89. The van der Waals surface area contributed by atoms with Gasteiger partial charge in [0.1, 0.15) is 12.1 Å². The van der Waals surface area contributed by atoms with Gasteiger partial charge in [-0.05, 0) is 67.3 Å². The highest BCUT2D eigenvalue weighted by molar-refractivity contribution is 6.10. The van der Waals surface area contributed by atoms with E-state index in [0.717, 1.165) is 53.8 Å². The maximum atomic E-state index is 13.3. The van der Waals surface area contributed by atoms with Crippen LogP contribution in [0.2, 0.25) is 0 Å². The predicted octanol–water partition coefficient (Wildman–Crippen LogP) is 2.92. The number of amides is 4. The Hall–Kier alpha value is -3.15. The van der Waals surface area contributed by atoms with Crippen molar-refractivity contribution in [1.82, 2.24) is 10.2 Å². The fourth-order valence-corrected chi connectivity index (χ4v) is 4.93. The van der Waals surface area contributed by atoms with Crippen molar-refractivity contribution in [2.24, 2.45) is 0 Å². The zero-order chi connectivity index (χ0) is 20.9. The number of anilines is 1. The third kappa shape index (κ3) is 2.90. The molecule has 30 heavy (non-hydrogen) atoms. The first-order valence-electron chi connectivity index (χ1n) is 10.6. The van der Waals surface area contributed by atoms with Crippen LogP contribution in [0.25, 0.3) is 0 Å². The molecule has 0 bridgehead atoms. The molecule has 0 unspecified atom stereocenters. The molecule has 2 aromatic carbocycles. The van der Waals surface area contributed by atoms with Crippen LogP contribution in [0.3, 0.4) is 0 Å². The van der Waals surface area contributed by atoms with Crippen LogP contribution in [-0.4, -0.2) is 35.8 Å². The van der Waals surface area contributed by atoms with Gasteiger partial charge in [0, 0.05) is 12.2 Å². The van der Waals surface area contributed by atoms with Gasteiger partial charge in [-0.2, -0.15) is 0 Å². The van der Waals surface area contributed by atoms with E-state index in [4.69, 9.17) is 0 Å². The third-order valence-electron chi connectivity index (χ3n) is 6.66. The highest BCUT2D eigenvalue weighted by atomic mass is 16.2. The van der Waals surface area contributed by atoms with Crippen LogP contribution in [0.15, 0.2) is 42.5 Å². The van der Waals surface area contributed by atoms with E-state index in [2.05, 4.69) is 11.4 Å². The highest BCUT2D eigenvalue weighted by Crippen LogP contribution is 2.33. The lowest BCUT2D eigenvalue weighted by Gasteiger charge is -2.30. The van der Waals surface area contributed by atoms with Gasteiger partial charge in [0.2, 0.25) is 5.91 Å². The number of imide groups is 1. The maximum absolute atomic E-state index is 13.3. The molecule has 2 aromatic rings. The Morgan fingerprint density at radius 2 is 1.77 bits per heavy atom. The van der Waals surface area contributed by atoms with Gasteiger partial charge in [-0.3, -0.25) is 14.5 Å². The van der Waals surface area contributed by atoms with E-state index in [-0.39, 0.29) is 18.4 Å². The molecule has 1 atom stereocenters. The molecule has 0 aromatic heterocycles. The standard InChI is InChI=1S/C24H25N3O3/c1-24(19-12-11-16-7-4-8-18(16)14-19)22(29)27(23(30)25-24)15-21(28)26-13-5-9-17-6-2-3-10-20(17)26/h2-3,6,10-12,14H,4-5,7-9,13,15H2,1H3,(H,25,30)/t24-/m0/s1. The minimum Gasteiger partial charge on any atom is -0.319 e. The van der Waals surface area contributed by atoms with Crippen LogP contribution in [-0.2, 0) is 34.4 Å². The summed E-state index contributed by atoms with van der Waals surface area (Å²) < 4.78 is 0. The van der Waals surface area contributed by atoms with Gasteiger partial charge in [-0.25, -0.2) is 4.79 Å². The summed E-state index contributed by atoms with van der Waals surface area (Å²) in [5, 5.41) is 2.83. The number of carbonyl (C=O) groups excluding carboxylic acids is 3. The number of para-hydroxylation sites is 1. The molecule has 6 heteroatoms. The van der Waals surface area contributed by atoms with Crippen molar-refractivity contribution >= 4 is 23.5 Å². The number of hydrogen-bond acceptors (Lipinski definition) is 3. The topological polar surface area (TPSA) is 69.7 Å². The minimum atomic E-state index is -1.14. The molecule has 1 saturated heterocycles. The quantitative estimate of drug-likeness (QED) is 0.801. The maximum Gasteiger partial charge on any atom is 0.325 e. The Morgan fingerprint density at radius 3 is 2.63 bits per heavy atom. The van der Waals surface area contributed by atoms with Crippen LogP contribution in [0.5, 0.6) is 0 Å². The van der Waals surface area contributed by atoms with Crippen LogP contribution in [0, 0.1) is 0 Å². The summed E-state index contributed by atoms with van der Waals surface area (Å²) in [6.45, 7) is 2.08. The van der Waals surface area contributed by atoms with E-state index in [1.54, 1.807) is 11.8 Å². The van der Waals surface area contributed by atoms with Crippen LogP contribution in [0.4, 0.5) is 10.5 Å². The van der Waals surface area contributed by atoms with Crippen LogP contribution in [0.1, 0.15) is 42.0 Å². The molecule has 1 aliphatic carbocycles. The Labute approximate surface area is 175 Å². The first-order valence-corrected chi connectivity index (χ1v) is 10.6. The van der Waals surface area contributed by atoms with E-state index in [1.165, 1.54) is 11.1 Å². The van der Waals surface area contributed by atoms with E-state index in [0.29, 0.717) is 6.54 Å². The summed E-state index contributed by atoms with van der Waals surface area (Å²) in [5.41, 5.74) is 4.19. The van der Waals surface area contributed by atoms with Crippen LogP contribution < -0.4 is 10.2 Å². The largest absolute Gasteiger partial charge is 0.325 e. The normalized spacial score (nSPS) is 22.7. The van der Waals surface area contributed by atoms with E-state index >= 15 is 0 Å². The molecule has 4 amide bonds. The Balaban J connectivity index is 1.38. The Bertz CT molecular complexity index is 1060. The fourth-order valence-electron chi connectivity index (χ4n) is 4.93. The van der Waals surface area contributed by atoms with E-state index < -0.39 is 11.6 Å². The zero-order valence-electron chi connectivity index (χ0n) is 17.1. The smallest absolute Gasteiger partial charge is 0.319 e. The summed E-state index contributed by atoms with van der Waals surface area (Å²) in [6, 6.07) is 13.3. The van der Waals surface area contributed by atoms with Crippen molar-refractivity contribution in [3.8, 4) is 0 Å². The molecule has 0 spiro atoms. The van der Waals surface area contributed by atoms with Crippen molar-refractivity contribution in [1.29, 1.82) is 0 Å². The molecule has 0 radical (unpaired) electrons. The van der Waals surface area contributed by atoms with Gasteiger partial charge >= 0.3 is 6.03 Å². The van der Waals surface area contributed by atoms with Gasteiger partial charge in [-0.1, -0.05) is 36.4 Å². The van der Waals surface area contributed by atoms with Crippen molar-refractivity contribution in [3.63, 3.8) is 0 Å². The van der Waals surface area contributed by atoms with Gasteiger partial charge in [0.05, 0.1) is 0 Å². The zero-order valence-corrected chi connectivity index (χ0v) is 17.1. The summed E-state index contributed by atoms with van der Waals surface area (Å²) in [6.07, 6.45) is 4.98. The number of urea groups is 1. The molecule has 1 fully saturated rings. The molecule has 6 nitrogen and oxygen atoms in total. The molecule has 154 valence electrons. The number of benzene rings is 2. The second-order valence-corrected chi connectivity index (χ2v) is 8.56. The number of fused-ring (bicyclic) bond motifs is 2. The van der Waals surface area contributed by atoms with Gasteiger partial charge in [0.25, 0.3) is 5.91 Å². The number of aryl methyl sites for hydroxylation is 3.